The average Bonchev–Trinajstić information content (AvgIpc) is 2.86. The number of halogens is 1. The first kappa shape index (κ1) is 24.7. The molecule has 1 aliphatic carbocycles. The molecule has 2 aromatic carbocycles. The highest BCUT2D eigenvalue weighted by Crippen LogP contribution is 2.30. The molecule has 4 rings (SSSR count). The monoisotopic (exact) mass is 467 g/mol. The molecular formula is C28H38FN3O2. The van der Waals surface area contributed by atoms with Gasteiger partial charge in [-0.2, -0.15) is 0 Å². The summed E-state index contributed by atoms with van der Waals surface area (Å²) < 4.78 is 19.1. The molecule has 1 saturated heterocycles. The van der Waals surface area contributed by atoms with Gasteiger partial charge in [0.1, 0.15) is 11.6 Å². The normalized spacial score (nSPS) is 23.5. The highest BCUT2D eigenvalue weighted by molar-refractivity contribution is 5.94. The Morgan fingerprint density at radius 3 is 2.56 bits per heavy atom. The van der Waals surface area contributed by atoms with Crippen molar-refractivity contribution in [1.82, 2.24) is 10.2 Å². The van der Waals surface area contributed by atoms with Crippen LogP contribution in [0.25, 0.3) is 0 Å². The van der Waals surface area contributed by atoms with Gasteiger partial charge in [0.2, 0.25) is 5.91 Å². The van der Waals surface area contributed by atoms with E-state index in [0.29, 0.717) is 11.8 Å². The van der Waals surface area contributed by atoms with Gasteiger partial charge in [0, 0.05) is 50.9 Å². The molecule has 184 valence electrons. The summed E-state index contributed by atoms with van der Waals surface area (Å²) in [5.41, 5.74) is 3.53. The number of hydrogen-bond donors (Lipinski definition) is 1. The topological polar surface area (TPSA) is 44.8 Å². The van der Waals surface area contributed by atoms with Crippen molar-refractivity contribution in [2.45, 2.75) is 64.6 Å². The van der Waals surface area contributed by atoms with E-state index < -0.39 is 0 Å². The van der Waals surface area contributed by atoms with Crippen molar-refractivity contribution in [2.24, 2.45) is 5.92 Å². The zero-order chi connectivity index (χ0) is 24.1. The first-order valence-corrected chi connectivity index (χ1v) is 12.7. The molecule has 1 amide bonds. The molecule has 1 saturated carbocycles. The van der Waals surface area contributed by atoms with E-state index >= 15 is 0 Å². The zero-order valence-corrected chi connectivity index (χ0v) is 20.7. The van der Waals surface area contributed by atoms with Crippen molar-refractivity contribution >= 4 is 11.6 Å². The standard InChI is InChI=1S/C28H38FN3O2/c1-4-24-19-32(16-15-30-24)18-22-5-10-25(17-20(22)2)31(3)28(33)21-6-11-26(12-7-21)34-27-13-8-23(29)9-14-27/h5,8-10,13-14,17,21,24,26,30H,4,6-7,11-12,15-16,18-19H2,1-3H3/t21?,24-,26?/m0/s1. The number of ether oxygens (including phenoxy) is 1. The van der Waals surface area contributed by atoms with E-state index in [0.717, 1.165) is 64.0 Å². The number of amides is 1. The predicted octanol–water partition coefficient (Wildman–Crippen LogP) is 4.92. The average molecular weight is 468 g/mol. The molecule has 2 aliphatic rings. The SMILES string of the molecule is CC[C@H]1CN(Cc2ccc(N(C)C(=O)C3CCC(Oc4ccc(F)cc4)CC3)cc2C)CCN1. The predicted molar refractivity (Wildman–Crippen MR) is 135 cm³/mol. The smallest absolute Gasteiger partial charge is 0.229 e. The Bertz CT molecular complexity index is 957. The Hall–Kier alpha value is -2.44. The number of benzene rings is 2. The van der Waals surface area contributed by atoms with E-state index in [2.05, 4.69) is 42.3 Å². The summed E-state index contributed by atoms with van der Waals surface area (Å²) in [5, 5.41) is 3.58. The van der Waals surface area contributed by atoms with Gasteiger partial charge >= 0.3 is 0 Å². The first-order valence-electron chi connectivity index (χ1n) is 12.7. The zero-order valence-electron chi connectivity index (χ0n) is 20.7. The highest BCUT2D eigenvalue weighted by atomic mass is 19.1. The van der Waals surface area contributed by atoms with Gasteiger partial charge in [0.15, 0.2) is 0 Å². The van der Waals surface area contributed by atoms with Crippen LogP contribution in [0.1, 0.15) is 50.2 Å². The second kappa shape index (κ2) is 11.3. The fraction of sp³-hybridized carbons (Fsp3) is 0.536. The maximum Gasteiger partial charge on any atom is 0.229 e. The molecule has 5 nitrogen and oxygen atoms in total. The van der Waals surface area contributed by atoms with Crippen LogP contribution in [0.4, 0.5) is 10.1 Å². The van der Waals surface area contributed by atoms with Gasteiger partial charge in [-0.15, -0.1) is 0 Å². The summed E-state index contributed by atoms with van der Waals surface area (Å²) in [4.78, 5) is 17.6. The fourth-order valence-electron chi connectivity index (χ4n) is 5.15. The molecular weight excluding hydrogens is 429 g/mol. The minimum atomic E-state index is -0.262. The van der Waals surface area contributed by atoms with E-state index in [1.807, 2.05) is 11.9 Å². The molecule has 1 aliphatic heterocycles. The maximum atomic E-state index is 13.2. The summed E-state index contributed by atoms with van der Waals surface area (Å²) in [6, 6.07) is 13.2. The second-order valence-electron chi connectivity index (χ2n) is 9.85. The van der Waals surface area contributed by atoms with Crippen LogP contribution in [0.3, 0.4) is 0 Å². The summed E-state index contributed by atoms with van der Waals surface area (Å²) in [6.45, 7) is 8.55. The van der Waals surface area contributed by atoms with Crippen molar-refractivity contribution in [3.63, 3.8) is 0 Å². The maximum absolute atomic E-state index is 13.2. The molecule has 0 spiro atoms. The van der Waals surface area contributed by atoms with E-state index in [4.69, 9.17) is 4.74 Å². The molecule has 0 unspecified atom stereocenters. The van der Waals surface area contributed by atoms with Crippen molar-refractivity contribution in [3.05, 3.63) is 59.4 Å². The first-order chi connectivity index (χ1) is 16.4. The summed E-state index contributed by atoms with van der Waals surface area (Å²) in [7, 11) is 1.89. The number of rotatable bonds is 7. The summed E-state index contributed by atoms with van der Waals surface area (Å²) in [6.07, 6.45) is 4.54. The van der Waals surface area contributed by atoms with Gasteiger partial charge in [0.05, 0.1) is 6.10 Å². The Morgan fingerprint density at radius 1 is 1.15 bits per heavy atom. The Balaban J connectivity index is 1.30. The number of hydrogen-bond acceptors (Lipinski definition) is 4. The van der Waals surface area contributed by atoms with Crippen molar-refractivity contribution < 1.29 is 13.9 Å². The van der Waals surface area contributed by atoms with Gasteiger partial charge in [0.25, 0.3) is 0 Å². The lowest BCUT2D eigenvalue weighted by atomic mass is 9.86. The molecule has 2 aromatic rings. The molecule has 0 radical (unpaired) electrons. The van der Waals surface area contributed by atoms with Gasteiger partial charge in [-0.25, -0.2) is 4.39 Å². The van der Waals surface area contributed by atoms with E-state index in [1.165, 1.54) is 23.3 Å². The molecule has 0 bridgehead atoms. The molecule has 0 aromatic heterocycles. The lowest BCUT2D eigenvalue weighted by Crippen LogP contribution is -2.49. The number of anilines is 1. The van der Waals surface area contributed by atoms with Crippen LogP contribution >= 0.6 is 0 Å². The molecule has 34 heavy (non-hydrogen) atoms. The van der Waals surface area contributed by atoms with Crippen molar-refractivity contribution in [1.29, 1.82) is 0 Å². The molecule has 2 fully saturated rings. The third-order valence-electron chi connectivity index (χ3n) is 7.41. The number of nitrogens with one attached hydrogen (secondary N) is 1. The lowest BCUT2D eigenvalue weighted by Gasteiger charge is -2.34. The van der Waals surface area contributed by atoms with Crippen LogP contribution < -0.4 is 15.0 Å². The van der Waals surface area contributed by atoms with Crippen LogP contribution in [0.15, 0.2) is 42.5 Å². The third kappa shape index (κ3) is 6.16. The van der Waals surface area contributed by atoms with Gasteiger partial charge < -0.3 is 15.0 Å². The van der Waals surface area contributed by atoms with Crippen LogP contribution in [-0.4, -0.2) is 49.6 Å². The Labute approximate surface area is 203 Å². The lowest BCUT2D eigenvalue weighted by molar-refractivity contribution is -0.123. The second-order valence-corrected chi connectivity index (χ2v) is 9.85. The van der Waals surface area contributed by atoms with Gasteiger partial charge in [-0.05, 0) is 86.6 Å². The van der Waals surface area contributed by atoms with Crippen LogP contribution in [0.2, 0.25) is 0 Å². The largest absolute Gasteiger partial charge is 0.490 e. The number of piperazine rings is 1. The van der Waals surface area contributed by atoms with Crippen LogP contribution in [0, 0.1) is 18.7 Å². The number of carbonyl (C=O) groups excluding carboxylic acids is 1. The Kier molecular flexibility index (Phi) is 8.22. The number of carbonyl (C=O) groups is 1. The number of nitrogens with zero attached hydrogens (tertiary/aromatic N) is 2. The molecule has 1 atom stereocenters. The van der Waals surface area contributed by atoms with E-state index in [-0.39, 0.29) is 23.7 Å². The molecule has 1 heterocycles. The molecule has 6 heteroatoms. The summed E-state index contributed by atoms with van der Waals surface area (Å²) >= 11 is 0. The highest BCUT2D eigenvalue weighted by Gasteiger charge is 2.30. The van der Waals surface area contributed by atoms with Crippen LogP contribution in [0.5, 0.6) is 5.75 Å². The number of aryl methyl sites for hydroxylation is 1. The minimum absolute atomic E-state index is 0.0184. The third-order valence-corrected chi connectivity index (χ3v) is 7.41. The van der Waals surface area contributed by atoms with E-state index in [9.17, 15) is 9.18 Å². The fourth-order valence-corrected chi connectivity index (χ4v) is 5.15. The summed E-state index contributed by atoms with van der Waals surface area (Å²) in [5.74, 6) is 0.627. The van der Waals surface area contributed by atoms with Crippen molar-refractivity contribution in [2.75, 3.05) is 31.6 Å². The Morgan fingerprint density at radius 2 is 1.88 bits per heavy atom. The quantitative estimate of drug-likeness (QED) is 0.628. The minimum Gasteiger partial charge on any atom is -0.490 e. The van der Waals surface area contributed by atoms with Crippen molar-refractivity contribution in [3.8, 4) is 5.75 Å². The van der Waals surface area contributed by atoms with Crippen LogP contribution in [-0.2, 0) is 11.3 Å². The van der Waals surface area contributed by atoms with Gasteiger partial charge in [-0.3, -0.25) is 9.69 Å². The van der Waals surface area contributed by atoms with Gasteiger partial charge in [-0.1, -0.05) is 13.0 Å². The van der Waals surface area contributed by atoms with E-state index in [1.54, 1.807) is 12.1 Å². The molecule has 1 N–H and O–H groups in total.